The molecule has 28 heavy (non-hydrogen) atoms. The van der Waals surface area contributed by atoms with Crippen LogP contribution in [-0.2, 0) is 18.9 Å². The summed E-state index contributed by atoms with van der Waals surface area (Å²) in [7, 11) is 0. The molecular weight excluding hydrogens is 427 g/mol. The molecule has 0 saturated heterocycles. The van der Waals surface area contributed by atoms with Gasteiger partial charge in [0.05, 0.1) is 5.02 Å². The number of aromatic nitrogens is 3. The predicted molar refractivity (Wildman–Crippen MR) is 107 cm³/mol. The molecule has 1 aromatic heterocycles. The van der Waals surface area contributed by atoms with E-state index in [2.05, 4.69) is 16.8 Å². The predicted octanol–water partition coefficient (Wildman–Crippen LogP) is 5.92. The standard InChI is InChI=1S/C19H15Cl2F2N3OS/c1-2-8-26-18(10-27-17-7-6-12(22)9-15(17)21)24-25-19(26)28-11-13-14(20)4-3-5-16(13)23/h2-7,9H,1,8,10-11H2. The molecule has 1 heterocycles. The maximum Gasteiger partial charge on any atom is 0.191 e. The number of hydrogen-bond acceptors (Lipinski definition) is 4. The third-order valence-electron chi connectivity index (χ3n) is 3.76. The Balaban J connectivity index is 1.75. The average molecular weight is 442 g/mol. The second-order valence-corrected chi connectivity index (χ2v) is 7.41. The van der Waals surface area contributed by atoms with Gasteiger partial charge in [0, 0.05) is 22.9 Å². The van der Waals surface area contributed by atoms with Gasteiger partial charge in [-0.1, -0.05) is 47.1 Å². The molecule has 9 heteroatoms. The van der Waals surface area contributed by atoms with E-state index >= 15 is 0 Å². The van der Waals surface area contributed by atoms with E-state index in [0.717, 1.165) is 0 Å². The molecule has 0 saturated carbocycles. The number of allylic oxidation sites excluding steroid dienone is 1. The molecule has 3 aromatic rings. The summed E-state index contributed by atoms with van der Waals surface area (Å²) < 4.78 is 34.5. The molecule has 146 valence electrons. The van der Waals surface area contributed by atoms with Gasteiger partial charge in [-0.15, -0.1) is 16.8 Å². The fraction of sp³-hybridized carbons (Fsp3) is 0.158. The molecule has 0 aliphatic heterocycles. The lowest BCUT2D eigenvalue weighted by molar-refractivity contribution is 0.289. The van der Waals surface area contributed by atoms with Gasteiger partial charge < -0.3 is 4.74 Å². The summed E-state index contributed by atoms with van der Waals surface area (Å²) in [6.45, 7) is 4.25. The zero-order chi connectivity index (χ0) is 20.1. The van der Waals surface area contributed by atoms with Crippen LogP contribution in [0.1, 0.15) is 11.4 Å². The van der Waals surface area contributed by atoms with Gasteiger partial charge >= 0.3 is 0 Å². The molecule has 0 bridgehead atoms. The van der Waals surface area contributed by atoms with Crippen molar-refractivity contribution in [2.24, 2.45) is 0 Å². The molecule has 0 amide bonds. The third kappa shape index (κ3) is 4.84. The van der Waals surface area contributed by atoms with Gasteiger partial charge in [-0.3, -0.25) is 4.57 Å². The van der Waals surface area contributed by atoms with Crippen molar-refractivity contribution in [2.45, 2.75) is 24.1 Å². The number of benzene rings is 2. The highest BCUT2D eigenvalue weighted by atomic mass is 35.5. The summed E-state index contributed by atoms with van der Waals surface area (Å²) in [5.74, 6) is 0.346. The number of nitrogens with zero attached hydrogens (tertiary/aromatic N) is 3. The molecule has 0 atom stereocenters. The van der Waals surface area contributed by atoms with E-state index in [1.54, 1.807) is 22.8 Å². The first-order chi connectivity index (χ1) is 13.5. The Hall–Kier alpha value is -2.09. The van der Waals surface area contributed by atoms with Crippen LogP contribution < -0.4 is 4.74 Å². The lowest BCUT2D eigenvalue weighted by atomic mass is 10.2. The van der Waals surface area contributed by atoms with Crippen LogP contribution in [0.15, 0.2) is 54.2 Å². The Labute approximate surface area is 175 Å². The fourth-order valence-electron chi connectivity index (χ4n) is 2.39. The van der Waals surface area contributed by atoms with Crippen molar-refractivity contribution < 1.29 is 13.5 Å². The van der Waals surface area contributed by atoms with Gasteiger partial charge in [0.2, 0.25) is 0 Å². The molecule has 4 nitrogen and oxygen atoms in total. The highest BCUT2D eigenvalue weighted by molar-refractivity contribution is 7.98. The zero-order valence-corrected chi connectivity index (χ0v) is 16.9. The minimum absolute atomic E-state index is 0.0766. The topological polar surface area (TPSA) is 39.9 Å². The minimum atomic E-state index is -0.447. The molecule has 2 aromatic carbocycles. The fourth-order valence-corrected chi connectivity index (χ4v) is 3.92. The zero-order valence-electron chi connectivity index (χ0n) is 14.5. The van der Waals surface area contributed by atoms with E-state index in [9.17, 15) is 8.78 Å². The van der Waals surface area contributed by atoms with Crippen LogP contribution in [0.25, 0.3) is 0 Å². The van der Waals surface area contributed by atoms with Crippen LogP contribution in [0.2, 0.25) is 10.0 Å². The number of thioether (sulfide) groups is 1. The number of hydrogen-bond donors (Lipinski definition) is 0. The van der Waals surface area contributed by atoms with E-state index in [0.29, 0.717) is 39.6 Å². The van der Waals surface area contributed by atoms with Gasteiger partial charge in [-0.2, -0.15) is 0 Å². The van der Waals surface area contributed by atoms with E-state index in [1.807, 2.05) is 0 Å². The van der Waals surface area contributed by atoms with Gasteiger partial charge in [-0.25, -0.2) is 8.78 Å². The normalized spacial score (nSPS) is 10.9. The first-order valence-electron chi connectivity index (χ1n) is 8.16. The third-order valence-corrected chi connectivity index (χ3v) is 5.41. The Bertz CT molecular complexity index is 977. The van der Waals surface area contributed by atoms with E-state index < -0.39 is 5.82 Å². The van der Waals surface area contributed by atoms with Gasteiger partial charge in [-0.05, 0) is 30.3 Å². The monoisotopic (exact) mass is 441 g/mol. The van der Waals surface area contributed by atoms with Crippen LogP contribution in [0.3, 0.4) is 0 Å². The van der Waals surface area contributed by atoms with Crippen LogP contribution in [-0.4, -0.2) is 14.8 Å². The van der Waals surface area contributed by atoms with Gasteiger partial charge in [0.1, 0.15) is 24.0 Å². The van der Waals surface area contributed by atoms with Crippen molar-refractivity contribution in [1.82, 2.24) is 14.8 Å². The second-order valence-electron chi connectivity index (χ2n) is 5.65. The van der Waals surface area contributed by atoms with Crippen LogP contribution in [0, 0.1) is 11.6 Å². The van der Waals surface area contributed by atoms with E-state index in [1.165, 1.54) is 36.0 Å². The molecule has 0 fully saturated rings. The first-order valence-corrected chi connectivity index (χ1v) is 9.90. The maximum absolute atomic E-state index is 14.0. The average Bonchev–Trinajstić information content (AvgIpc) is 3.03. The molecular formula is C19H15Cl2F2N3OS. The largest absolute Gasteiger partial charge is 0.484 e. The molecule has 3 rings (SSSR count). The van der Waals surface area contributed by atoms with E-state index in [4.69, 9.17) is 27.9 Å². The lowest BCUT2D eigenvalue weighted by Crippen LogP contribution is -2.08. The summed E-state index contributed by atoms with van der Waals surface area (Å²) in [6.07, 6.45) is 1.69. The van der Waals surface area contributed by atoms with Crippen LogP contribution in [0.4, 0.5) is 8.78 Å². The van der Waals surface area contributed by atoms with Gasteiger partial charge in [0.15, 0.2) is 11.0 Å². The Kier molecular flexibility index (Phi) is 6.93. The number of ether oxygens (including phenoxy) is 1. The molecule has 0 aliphatic carbocycles. The van der Waals surface area contributed by atoms with Crippen molar-refractivity contribution >= 4 is 35.0 Å². The van der Waals surface area contributed by atoms with Crippen molar-refractivity contribution in [2.75, 3.05) is 0 Å². The maximum atomic E-state index is 14.0. The Morgan fingerprint density at radius 3 is 2.68 bits per heavy atom. The molecule has 0 radical (unpaired) electrons. The SMILES string of the molecule is C=CCn1c(COc2ccc(F)cc2Cl)nnc1SCc1c(F)cccc1Cl. The summed E-state index contributed by atoms with van der Waals surface area (Å²) in [5, 5.41) is 9.37. The lowest BCUT2D eigenvalue weighted by Gasteiger charge is -2.10. The van der Waals surface area contributed by atoms with Crippen LogP contribution >= 0.6 is 35.0 Å². The van der Waals surface area contributed by atoms with Crippen LogP contribution in [0.5, 0.6) is 5.75 Å². The molecule has 0 unspecified atom stereocenters. The summed E-state index contributed by atoms with van der Waals surface area (Å²) in [5.41, 5.74) is 0.401. The smallest absolute Gasteiger partial charge is 0.191 e. The highest BCUT2D eigenvalue weighted by Gasteiger charge is 2.15. The number of halogens is 4. The number of rotatable bonds is 8. The first kappa shape index (κ1) is 20.6. The Morgan fingerprint density at radius 1 is 1.14 bits per heavy atom. The van der Waals surface area contributed by atoms with Crippen molar-refractivity contribution in [3.8, 4) is 5.75 Å². The van der Waals surface area contributed by atoms with E-state index in [-0.39, 0.29) is 17.4 Å². The van der Waals surface area contributed by atoms with Crippen molar-refractivity contribution in [3.05, 3.63) is 82.1 Å². The minimum Gasteiger partial charge on any atom is -0.484 e. The van der Waals surface area contributed by atoms with Crippen molar-refractivity contribution in [3.63, 3.8) is 0 Å². The molecule has 0 spiro atoms. The van der Waals surface area contributed by atoms with Gasteiger partial charge in [0.25, 0.3) is 0 Å². The highest BCUT2D eigenvalue weighted by Crippen LogP contribution is 2.29. The summed E-state index contributed by atoms with van der Waals surface area (Å²) >= 11 is 13.3. The summed E-state index contributed by atoms with van der Waals surface area (Å²) in [4.78, 5) is 0. The van der Waals surface area contributed by atoms with Crippen molar-refractivity contribution in [1.29, 1.82) is 0 Å². The molecule has 0 aliphatic rings. The quantitative estimate of drug-likeness (QED) is 0.321. The molecule has 0 N–H and O–H groups in total. The summed E-state index contributed by atoms with van der Waals surface area (Å²) in [6, 6.07) is 8.44. The Morgan fingerprint density at radius 2 is 1.96 bits per heavy atom. The second kappa shape index (κ2) is 9.41.